The van der Waals surface area contributed by atoms with Crippen molar-refractivity contribution < 1.29 is 31.1 Å². The first-order chi connectivity index (χ1) is 9.98. The van der Waals surface area contributed by atoms with Crippen molar-refractivity contribution in [3.05, 3.63) is 23.5 Å². The second kappa shape index (κ2) is 5.49. The summed E-state index contributed by atoms with van der Waals surface area (Å²) in [5, 5.41) is 0. The van der Waals surface area contributed by atoms with Crippen molar-refractivity contribution in [1.82, 2.24) is 0 Å². The van der Waals surface area contributed by atoms with Crippen LogP contribution in [0, 0.1) is 11.8 Å². The van der Waals surface area contributed by atoms with Crippen LogP contribution in [0.5, 0.6) is 0 Å². The van der Waals surface area contributed by atoms with Crippen LogP contribution in [0.15, 0.2) is 23.5 Å². The topological polar surface area (TPSA) is 9.23 Å². The number of allylic oxidation sites excluding steroid dienone is 4. The normalized spacial score (nSPS) is 31.3. The van der Waals surface area contributed by atoms with E-state index in [1.54, 1.807) is 0 Å². The lowest BCUT2D eigenvalue weighted by Crippen LogP contribution is -2.47. The first kappa shape index (κ1) is 17.2. The third-order valence-corrected chi connectivity index (χ3v) is 4.42. The van der Waals surface area contributed by atoms with Crippen LogP contribution in [0.4, 0.5) is 26.3 Å². The van der Waals surface area contributed by atoms with Crippen molar-refractivity contribution in [3.63, 3.8) is 0 Å². The average Bonchev–Trinajstić information content (AvgIpc) is 2.41. The maximum Gasteiger partial charge on any atom is 0.400 e. The Morgan fingerprint density at radius 1 is 1.00 bits per heavy atom. The van der Waals surface area contributed by atoms with Crippen LogP contribution in [0.25, 0.3) is 0 Å². The Kier molecular flexibility index (Phi) is 4.30. The van der Waals surface area contributed by atoms with Gasteiger partial charge in [0.05, 0.1) is 5.92 Å². The Hall–Kier alpha value is -1.14. The molecular formula is C15H18F6O. The Morgan fingerprint density at radius 2 is 1.55 bits per heavy atom. The van der Waals surface area contributed by atoms with Crippen LogP contribution < -0.4 is 0 Å². The highest BCUT2D eigenvalue weighted by Gasteiger charge is 2.64. The van der Waals surface area contributed by atoms with Crippen LogP contribution in [-0.2, 0) is 4.74 Å². The van der Waals surface area contributed by atoms with Crippen molar-refractivity contribution in [2.45, 2.75) is 57.5 Å². The number of alkyl halides is 6. The molecule has 0 radical (unpaired) electrons. The summed E-state index contributed by atoms with van der Waals surface area (Å²) in [7, 11) is 0. The van der Waals surface area contributed by atoms with Crippen LogP contribution in [0.3, 0.4) is 0 Å². The summed E-state index contributed by atoms with van der Waals surface area (Å²) in [4.78, 5) is 0. The molecule has 0 aromatic heterocycles. The van der Waals surface area contributed by atoms with Gasteiger partial charge in [0.1, 0.15) is 0 Å². The number of ether oxygens (including phenoxy) is 1. The standard InChI is InChI=1S/C15H18F6O/c1-9-3-6-11(7-4-9)15(20,21)22-12-8-5-10(2)13(16,17)14(12,18)19/h5,8-9,11H,3-4,6-7H2,1-2H3. The number of hydrogen-bond donors (Lipinski definition) is 0. The lowest BCUT2D eigenvalue weighted by atomic mass is 9.82. The lowest BCUT2D eigenvalue weighted by Gasteiger charge is -2.36. The first-order valence-electron chi connectivity index (χ1n) is 7.20. The average molecular weight is 328 g/mol. The maximum atomic E-state index is 14.1. The van der Waals surface area contributed by atoms with Gasteiger partial charge in [-0.1, -0.05) is 25.8 Å². The zero-order valence-corrected chi connectivity index (χ0v) is 12.3. The van der Waals surface area contributed by atoms with Gasteiger partial charge in [-0.2, -0.15) is 26.3 Å². The van der Waals surface area contributed by atoms with E-state index < -0.39 is 35.2 Å². The molecule has 1 saturated carbocycles. The summed E-state index contributed by atoms with van der Waals surface area (Å²) in [5.74, 6) is -11.9. The fraction of sp³-hybridized carbons (Fsp3) is 0.733. The molecule has 0 atom stereocenters. The zero-order valence-electron chi connectivity index (χ0n) is 12.3. The number of rotatable bonds is 3. The molecular weight excluding hydrogens is 310 g/mol. The van der Waals surface area contributed by atoms with Gasteiger partial charge < -0.3 is 4.74 Å². The van der Waals surface area contributed by atoms with E-state index in [0.717, 1.165) is 6.92 Å². The smallest absolute Gasteiger partial charge is 0.400 e. The lowest BCUT2D eigenvalue weighted by molar-refractivity contribution is -0.287. The molecule has 7 heteroatoms. The van der Waals surface area contributed by atoms with Gasteiger partial charge in [-0.25, -0.2) is 0 Å². The predicted molar refractivity (Wildman–Crippen MR) is 68.9 cm³/mol. The number of hydrogen-bond acceptors (Lipinski definition) is 1. The Bertz CT molecular complexity index is 486. The van der Waals surface area contributed by atoms with E-state index in [1.165, 1.54) is 0 Å². The van der Waals surface area contributed by atoms with Crippen molar-refractivity contribution in [3.8, 4) is 0 Å². The van der Waals surface area contributed by atoms with E-state index in [9.17, 15) is 26.3 Å². The molecule has 0 aromatic rings. The van der Waals surface area contributed by atoms with Crippen molar-refractivity contribution in [2.24, 2.45) is 11.8 Å². The zero-order chi connectivity index (χ0) is 16.8. The second-order valence-corrected chi connectivity index (χ2v) is 6.15. The molecule has 0 heterocycles. The molecule has 0 aliphatic heterocycles. The molecule has 0 bridgehead atoms. The summed E-state index contributed by atoms with van der Waals surface area (Å²) < 4.78 is 86.7. The van der Waals surface area contributed by atoms with Crippen LogP contribution >= 0.6 is 0 Å². The quantitative estimate of drug-likeness (QED) is 0.618. The minimum atomic E-state index is -4.78. The molecule has 0 spiro atoms. The Balaban J connectivity index is 2.18. The summed E-state index contributed by atoms with van der Waals surface area (Å²) in [6, 6.07) is 0. The molecule has 22 heavy (non-hydrogen) atoms. The third kappa shape index (κ3) is 2.86. The summed E-state index contributed by atoms with van der Waals surface area (Å²) >= 11 is 0. The van der Waals surface area contributed by atoms with Crippen LogP contribution in [0.2, 0.25) is 0 Å². The fourth-order valence-electron chi connectivity index (χ4n) is 2.74. The number of halogens is 6. The first-order valence-corrected chi connectivity index (χ1v) is 7.20. The van der Waals surface area contributed by atoms with Gasteiger partial charge in [0.25, 0.3) is 0 Å². The van der Waals surface area contributed by atoms with Gasteiger partial charge in [-0.05, 0) is 31.8 Å². The molecule has 126 valence electrons. The minimum Gasteiger partial charge on any atom is -0.430 e. The predicted octanol–water partition coefficient (Wildman–Crippen LogP) is 5.54. The molecule has 1 nitrogen and oxygen atoms in total. The highest BCUT2D eigenvalue weighted by atomic mass is 19.3. The molecule has 2 rings (SSSR count). The van der Waals surface area contributed by atoms with Gasteiger partial charge in [-0.15, -0.1) is 0 Å². The van der Waals surface area contributed by atoms with Crippen molar-refractivity contribution in [1.29, 1.82) is 0 Å². The Morgan fingerprint density at radius 3 is 2.09 bits per heavy atom. The van der Waals surface area contributed by atoms with Crippen molar-refractivity contribution in [2.75, 3.05) is 0 Å². The van der Waals surface area contributed by atoms with E-state index in [1.807, 2.05) is 6.92 Å². The molecule has 2 aliphatic carbocycles. The monoisotopic (exact) mass is 328 g/mol. The van der Waals surface area contributed by atoms with E-state index in [-0.39, 0.29) is 18.8 Å². The minimum absolute atomic E-state index is 0.123. The van der Waals surface area contributed by atoms with E-state index in [0.29, 0.717) is 25.0 Å². The molecule has 0 aromatic carbocycles. The van der Waals surface area contributed by atoms with E-state index in [4.69, 9.17) is 0 Å². The summed E-state index contributed by atoms with van der Waals surface area (Å²) in [5.41, 5.74) is -0.889. The highest BCUT2D eigenvalue weighted by molar-refractivity contribution is 5.34. The molecule has 2 aliphatic rings. The van der Waals surface area contributed by atoms with E-state index in [2.05, 4.69) is 4.74 Å². The summed E-state index contributed by atoms with van der Waals surface area (Å²) in [6.07, 6.45) is -1.37. The van der Waals surface area contributed by atoms with E-state index >= 15 is 0 Å². The Labute approximate surface area is 125 Å². The SMILES string of the molecule is CC1=CC=C(OC(F)(F)C2CCC(C)CC2)C(F)(F)C1(F)F. The van der Waals surface area contributed by atoms with Gasteiger partial charge in [-0.3, -0.25) is 0 Å². The van der Waals surface area contributed by atoms with Crippen LogP contribution in [-0.4, -0.2) is 18.0 Å². The van der Waals surface area contributed by atoms with Crippen LogP contribution in [0.1, 0.15) is 39.5 Å². The fourth-order valence-corrected chi connectivity index (χ4v) is 2.74. The van der Waals surface area contributed by atoms with Gasteiger partial charge in [0, 0.05) is 5.57 Å². The maximum absolute atomic E-state index is 14.1. The van der Waals surface area contributed by atoms with Gasteiger partial charge in [0.15, 0.2) is 5.76 Å². The third-order valence-electron chi connectivity index (χ3n) is 4.42. The second-order valence-electron chi connectivity index (χ2n) is 6.15. The van der Waals surface area contributed by atoms with Crippen molar-refractivity contribution >= 4 is 0 Å². The molecule has 0 amide bonds. The molecule has 0 unspecified atom stereocenters. The molecule has 0 saturated heterocycles. The summed E-state index contributed by atoms with van der Waals surface area (Å²) in [6.45, 7) is 2.74. The van der Waals surface area contributed by atoms with Gasteiger partial charge in [0.2, 0.25) is 0 Å². The highest BCUT2D eigenvalue weighted by Crippen LogP contribution is 2.50. The van der Waals surface area contributed by atoms with Gasteiger partial charge >= 0.3 is 18.0 Å². The largest absolute Gasteiger partial charge is 0.430 e. The molecule has 1 fully saturated rings. The molecule has 0 N–H and O–H groups in total.